The number of carbonyl (C=O) groups excluding carboxylic acids is 1. The molecule has 3 nitrogen and oxygen atoms in total. The predicted octanol–water partition coefficient (Wildman–Crippen LogP) is 4.06. The Morgan fingerprint density at radius 3 is 2.89 bits per heavy atom. The normalized spacial score (nSPS) is 15.4. The molecule has 2 aromatic rings. The molecule has 1 N–H and O–H groups in total. The first kappa shape index (κ1) is 12.8. The van der Waals surface area contributed by atoms with Gasteiger partial charge < -0.3 is 10.1 Å². The average molecular weight is 314 g/mol. The molecule has 0 fully saturated rings. The largest absolute Gasteiger partial charge is 0.482 e. The van der Waals surface area contributed by atoms with E-state index in [0.717, 1.165) is 10.4 Å². The van der Waals surface area contributed by atoms with Crippen molar-refractivity contribution in [3.8, 4) is 5.75 Å². The lowest BCUT2D eigenvalue weighted by molar-refractivity contribution is -0.118. The first-order valence-corrected chi connectivity index (χ1v) is 7.22. The summed E-state index contributed by atoms with van der Waals surface area (Å²) in [5, 5.41) is 2.48. The van der Waals surface area contributed by atoms with Gasteiger partial charge in [0.15, 0.2) is 6.61 Å². The fourth-order valence-electron chi connectivity index (χ4n) is 1.89. The molecule has 1 atom stereocenters. The molecule has 1 aliphatic heterocycles. The van der Waals surface area contributed by atoms with Gasteiger partial charge in [-0.3, -0.25) is 4.79 Å². The summed E-state index contributed by atoms with van der Waals surface area (Å²) < 4.78 is 6.01. The summed E-state index contributed by atoms with van der Waals surface area (Å²) in [7, 11) is 0. The van der Waals surface area contributed by atoms with Gasteiger partial charge in [-0.05, 0) is 29.8 Å². The standard InChI is InChI=1S/C13H9Cl2NO2S/c14-11-4-3-10(19-11)13(15)7-1-2-9-8(5-7)16-12(17)6-18-9/h1-5,13H,6H2,(H,16,17). The molecule has 1 aromatic heterocycles. The molecule has 0 spiro atoms. The van der Waals surface area contributed by atoms with E-state index in [1.165, 1.54) is 11.3 Å². The number of amides is 1. The molecule has 1 unspecified atom stereocenters. The van der Waals surface area contributed by atoms with Crippen LogP contribution in [0.1, 0.15) is 15.8 Å². The van der Waals surface area contributed by atoms with E-state index in [1.807, 2.05) is 30.3 Å². The highest BCUT2D eigenvalue weighted by molar-refractivity contribution is 7.16. The van der Waals surface area contributed by atoms with E-state index < -0.39 is 0 Å². The molecule has 3 rings (SSSR count). The number of carbonyl (C=O) groups is 1. The fourth-order valence-corrected chi connectivity index (χ4v) is 3.30. The molecule has 98 valence electrons. The predicted molar refractivity (Wildman–Crippen MR) is 77.6 cm³/mol. The Hall–Kier alpha value is -1.23. The number of nitrogens with one attached hydrogen (secondary N) is 1. The molecule has 1 aromatic carbocycles. The minimum atomic E-state index is -0.290. The van der Waals surface area contributed by atoms with Crippen LogP contribution in [-0.4, -0.2) is 12.5 Å². The number of hydrogen-bond acceptors (Lipinski definition) is 3. The lowest BCUT2D eigenvalue weighted by atomic mass is 10.1. The Labute approximate surface area is 124 Å². The molecular formula is C13H9Cl2NO2S. The van der Waals surface area contributed by atoms with Gasteiger partial charge in [0.1, 0.15) is 5.75 Å². The van der Waals surface area contributed by atoms with Crippen molar-refractivity contribution in [3.63, 3.8) is 0 Å². The first-order valence-electron chi connectivity index (χ1n) is 5.59. The molecule has 1 amide bonds. The molecule has 2 heterocycles. The van der Waals surface area contributed by atoms with E-state index in [2.05, 4.69) is 5.32 Å². The van der Waals surface area contributed by atoms with Crippen LogP contribution in [0.4, 0.5) is 5.69 Å². The maximum atomic E-state index is 11.3. The van der Waals surface area contributed by atoms with Crippen LogP contribution in [0, 0.1) is 0 Å². The SMILES string of the molecule is O=C1COc2ccc(C(Cl)c3ccc(Cl)s3)cc2N1. The Morgan fingerprint density at radius 2 is 2.16 bits per heavy atom. The Balaban J connectivity index is 1.93. The molecule has 19 heavy (non-hydrogen) atoms. The van der Waals surface area contributed by atoms with Crippen LogP contribution in [-0.2, 0) is 4.79 Å². The van der Waals surface area contributed by atoms with Gasteiger partial charge in [0.25, 0.3) is 5.91 Å². The van der Waals surface area contributed by atoms with Crippen LogP contribution >= 0.6 is 34.5 Å². The van der Waals surface area contributed by atoms with Gasteiger partial charge in [-0.2, -0.15) is 0 Å². The van der Waals surface area contributed by atoms with E-state index in [4.69, 9.17) is 27.9 Å². The second kappa shape index (κ2) is 5.04. The maximum Gasteiger partial charge on any atom is 0.262 e. The minimum Gasteiger partial charge on any atom is -0.482 e. The van der Waals surface area contributed by atoms with E-state index in [1.54, 1.807) is 0 Å². The summed E-state index contributed by atoms with van der Waals surface area (Å²) in [4.78, 5) is 12.3. The molecule has 0 radical (unpaired) electrons. The number of alkyl halides is 1. The van der Waals surface area contributed by atoms with Gasteiger partial charge in [0.2, 0.25) is 0 Å². The summed E-state index contributed by atoms with van der Waals surface area (Å²) in [5.74, 6) is 0.506. The average Bonchev–Trinajstić information content (AvgIpc) is 2.83. The third-order valence-corrected chi connectivity index (χ3v) is 4.69. The third kappa shape index (κ3) is 2.56. The number of halogens is 2. The molecule has 6 heteroatoms. The summed E-state index contributed by atoms with van der Waals surface area (Å²) in [5.41, 5.74) is 1.55. The number of benzene rings is 1. The minimum absolute atomic E-state index is 0.0528. The molecule has 0 saturated heterocycles. The van der Waals surface area contributed by atoms with Crippen LogP contribution in [0.2, 0.25) is 4.34 Å². The highest BCUT2D eigenvalue weighted by Crippen LogP contribution is 2.38. The maximum absolute atomic E-state index is 11.3. The number of rotatable bonds is 2. The van der Waals surface area contributed by atoms with Gasteiger partial charge in [-0.15, -0.1) is 22.9 Å². The van der Waals surface area contributed by atoms with Gasteiger partial charge in [-0.25, -0.2) is 0 Å². The van der Waals surface area contributed by atoms with E-state index >= 15 is 0 Å². The second-order valence-electron chi connectivity index (χ2n) is 4.10. The number of thiophene rings is 1. The highest BCUT2D eigenvalue weighted by Gasteiger charge is 2.19. The van der Waals surface area contributed by atoms with Crippen molar-refractivity contribution >= 4 is 46.1 Å². The van der Waals surface area contributed by atoms with Crippen molar-refractivity contribution in [3.05, 3.63) is 45.1 Å². The summed E-state index contributed by atoms with van der Waals surface area (Å²) in [6.45, 7) is 0.0528. The van der Waals surface area contributed by atoms with Crippen molar-refractivity contribution < 1.29 is 9.53 Å². The summed E-state index contributed by atoms with van der Waals surface area (Å²) in [6.07, 6.45) is 0. The number of anilines is 1. The van der Waals surface area contributed by atoms with Crippen LogP contribution < -0.4 is 10.1 Å². The van der Waals surface area contributed by atoms with Crippen molar-refractivity contribution in [2.24, 2.45) is 0 Å². The lowest BCUT2D eigenvalue weighted by Gasteiger charge is -2.19. The quantitative estimate of drug-likeness (QED) is 0.849. The second-order valence-corrected chi connectivity index (χ2v) is 6.28. The van der Waals surface area contributed by atoms with Gasteiger partial charge in [0.05, 0.1) is 15.4 Å². The van der Waals surface area contributed by atoms with Crippen molar-refractivity contribution in [2.75, 3.05) is 11.9 Å². The Morgan fingerprint density at radius 1 is 1.32 bits per heavy atom. The molecule has 0 bridgehead atoms. The third-order valence-electron chi connectivity index (χ3n) is 2.77. The Kier molecular flexibility index (Phi) is 3.39. The van der Waals surface area contributed by atoms with Gasteiger partial charge >= 0.3 is 0 Å². The Bertz CT molecular complexity index is 641. The van der Waals surface area contributed by atoms with Gasteiger partial charge in [-0.1, -0.05) is 17.7 Å². The zero-order chi connectivity index (χ0) is 13.4. The lowest BCUT2D eigenvalue weighted by Crippen LogP contribution is -2.25. The van der Waals surface area contributed by atoms with Crippen LogP contribution in [0.15, 0.2) is 30.3 Å². The molecule has 0 aliphatic carbocycles. The van der Waals surface area contributed by atoms with Gasteiger partial charge in [0, 0.05) is 4.88 Å². The number of hydrogen-bond donors (Lipinski definition) is 1. The molecular weight excluding hydrogens is 305 g/mol. The van der Waals surface area contributed by atoms with E-state index in [0.29, 0.717) is 15.8 Å². The number of fused-ring (bicyclic) bond motifs is 1. The van der Waals surface area contributed by atoms with Crippen molar-refractivity contribution in [1.82, 2.24) is 0 Å². The zero-order valence-electron chi connectivity index (χ0n) is 9.65. The smallest absolute Gasteiger partial charge is 0.262 e. The summed E-state index contributed by atoms with van der Waals surface area (Å²) >= 11 is 13.8. The molecule has 0 saturated carbocycles. The van der Waals surface area contributed by atoms with E-state index in [9.17, 15) is 4.79 Å². The monoisotopic (exact) mass is 313 g/mol. The topological polar surface area (TPSA) is 38.3 Å². The summed E-state index contributed by atoms with van der Waals surface area (Å²) in [6, 6.07) is 9.26. The fraction of sp³-hybridized carbons (Fsp3) is 0.154. The van der Waals surface area contributed by atoms with Crippen LogP contribution in [0.25, 0.3) is 0 Å². The zero-order valence-corrected chi connectivity index (χ0v) is 12.0. The van der Waals surface area contributed by atoms with Crippen molar-refractivity contribution in [1.29, 1.82) is 0 Å². The first-order chi connectivity index (χ1) is 9.13. The molecule has 1 aliphatic rings. The van der Waals surface area contributed by atoms with Crippen molar-refractivity contribution in [2.45, 2.75) is 5.38 Å². The van der Waals surface area contributed by atoms with Crippen LogP contribution in [0.5, 0.6) is 5.75 Å². The van der Waals surface area contributed by atoms with Crippen LogP contribution in [0.3, 0.4) is 0 Å². The van der Waals surface area contributed by atoms with E-state index in [-0.39, 0.29) is 17.9 Å². The number of ether oxygens (including phenoxy) is 1. The highest BCUT2D eigenvalue weighted by atomic mass is 35.5.